The smallest absolute Gasteiger partial charge is 0.145 e. The molecular formula is C62H80N4S6Si2. The summed E-state index contributed by atoms with van der Waals surface area (Å²) in [4.78, 5) is 11.0. The van der Waals surface area contributed by atoms with Crippen LogP contribution in [0.25, 0.3) is 72.5 Å². The monoisotopic (exact) mass is 1130 g/mol. The van der Waals surface area contributed by atoms with Crippen molar-refractivity contribution < 1.29 is 0 Å². The van der Waals surface area contributed by atoms with Crippen molar-refractivity contribution in [3.8, 4) is 62.6 Å². The lowest BCUT2D eigenvalue weighted by Crippen LogP contribution is -2.43. The summed E-state index contributed by atoms with van der Waals surface area (Å²) >= 11 is 10.4. The highest BCUT2D eigenvalue weighted by molar-refractivity contribution is 7.29. The summed E-state index contributed by atoms with van der Waals surface area (Å²) in [6.45, 7) is 33.4. The Morgan fingerprint density at radius 3 is 1.32 bits per heavy atom. The van der Waals surface area contributed by atoms with Gasteiger partial charge in [-0.15, -0.1) is 68.3 Å². The topological polar surface area (TPSA) is 51.6 Å². The third-order valence-electron chi connectivity index (χ3n) is 16.3. The van der Waals surface area contributed by atoms with Crippen LogP contribution < -0.4 is 0 Å². The Kier molecular flexibility index (Phi) is 19.2. The molecule has 4 nitrogen and oxygen atoms in total. The van der Waals surface area contributed by atoms with Crippen LogP contribution in [-0.4, -0.2) is 33.6 Å². The molecule has 0 saturated heterocycles. The predicted octanol–water partition coefficient (Wildman–Crippen LogP) is 21.8. The van der Waals surface area contributed by atoms with Crippen molar-refractivity contribution in [2.24, 2.45) is 0 Å². The highest BCUT2D eigenvalue weighted by Crippen LogP contribution is 2.50. The molecule has 0 unspecified atom stereocenters. The van der Waals surface area contributed by atoms with E-state index in [1.807, 2.05) is 45.3 Å². The maximum absolute atomic E-state index is 4.90. The summed E-state index contributed by atoms with van der Waals surface area (Å²) in [5, 5.41) is 2.21. The average Bonchev–Trinajstić information content (AvgIpc) is 4.21. The van der Waals surface area contributed by atoms with Gasteiger partial charge in [0.05, 0.1) is 23.5 Å². The van der Waals surface area contributed by atoms with Crippen molar-refractivity contribution in [1.82, 2.24) is 17.5 Å². The first-order valence-electron chi connectivity index (χ1n) is 27.7. The van der Waals surface area contributed by atoms with Gasteiger partial charge in [-0.3, -0.25) is 0 Å². The minimum Gasteiger partial charge on any atom is -0.173 e. The molecule has 0 spiro atoms. The molecule has 0 fully saturated rings. The predicted molar refractivity (Wildman–Crippen MR) is 340 cm³/mol. The molecular weight excluding hydrogens is 1050 g/mol. The van der Waals surface area contributed by atoms with Gasteiger partial charge >= 0.3 is 0 Å². The van der Waals surface area contributed by atoms with Crippen molar-refractivity contribution in [1.29, 1.82) is 0 Å². The number of fused-ring (bicyclic) bond motifs is 5. The van der Waals surface area contributed by atoms with Crippen LogP contribution in [0.4, 0.5) is 0 Å². The lowest BCUT2D eigenvalue weighted by Gasteiger charge is -2.38. The van der Waals surface area contributed by atoms with E-state index in [-0.39, 0.29) is 0 Å². The molecule has 6 heterocycles. The molecule has 12 heteroatoms. The van der Waals surface area contributed by atoms with Crippen LogP contribution in [0.15, 0.2) is 48.5 Å². The van der Waals surface area contributed by atoms with E-state index in [0.29, 0.717) is 33.2 Å². The van der Waals surface area contributed by atoms with Gasteiger partial charge in [-0.25, -0.2) is 0 Å². The first-order chi connectivity index (χ1) is 35.5. The molecule has 8 aromatic rings. The van der Waals surface area contributed by atoms with Gasteiger partial charge in [0.25, 0.3) is 0 Å². The van der Waals surface area contributed by atoms with Gasteiger partial charge in [-0.05, 0) is 151 Å². The summed E-state index contributed by atoms with van der Waals surface area (Å²) in [7, 11) is -3.35. The quantitative estimate of drug-likeness (QED) is 0.0385. The lowest BCUT2D eigenvalue weighted by atomic mass is 10.00. The highest BCUT2D eigenvalue weighted by Gasteiger charge is 2.42. The highest BCUT2D eigenvalue weighted by atomic mass is 32.1. The van der Waals surface area contributed by atoms with E-state index in [1.54, 1.807) is 0 Å². The Balaban J connectivity index is 1.04. The van der Waals surface area contributed by atoms with Crippen LogP contribution in [-0.2, 0) is 12.8 Å². The molecule has 2 aromatic carbocycles. The van der Waals surface area contributed by atoms with E-state index in [9.17, 15) is 0 Å². The summed E-state index contributed by atoms with van der Waals surface area (Å²) in [5.41, 5.74) is 21.1. The van der Waals surface area contributed by atoms with Gasteiger partial charge in [-0.2, -0.15) is 17.5 Å². The van der Waals surface area contributed by atoms with Crippen LogP contribution >= 0.6 is 68.8 Å². The molecule has 0 aliphatic rings. The maximum atomic E-state index is 4.90. The minimum absolute atomic E-state index is 0.679. The largest absolute Gasteiger partial charge is 0.173 e. The Labute approximate surface area is 471 Å². The molecule has 0 aliphatic heterocycles. The number of aromatic nitrogens is 4. The number of benzene rings is 2. The van der Waals surface area contributed by atoms with Crippen molar-refractivity contribution in [2.75, 3.05) is 0 Å². The second kappa shape index (κ2) is 25.0. The Morgan fingerprint density at radius 1 is 0.419 bits per heavy atom. The van der Waals surface area contributed by atoms with Gasteiger partial charge in [0.1, 0.15) is 38.2 Å². The van der Waals surface area contributed by atoms with E-state index in [2.05, 4.69) is 173 Å². The summed E-state index contributed by atoms with van der Waals surface area (Å²) in [6, 6.07) is 19.0. The zero-order valence-corrected chi connectivity index (χ0v) is 53.7. The second-order valence-electron chi connectivity index (χ2n) is 22.9. The molecule has 0 atom stereocenters. The number of hydrogen-bond acceptors (Lipinski definition) is 10. The Hall–Kier alpha value is -3.31. The second-order valence-corrected chi connectivity index (χ2v) is 39.6. The number of hydrogen-bond donors (Lipinski definition) is 0. The average molecular weight is 1130 g/mol. The Bertz CT molecular complexity index is 3250. The third kappa shape index (κ3) is 11.9. The SMILES string of the molecule is Cc1ccc(-c2sc(-c3cc(CCCCCCC#C[Si](C(C)C)(C(C)C)C(C)C)c(-c4ccc(-c5cc6c(cc(C)c7nsnc76)c6nsnc56)s4)s3)cc2CCCCCCC#C[Si](C(C)C)(C(C)C)C(C)C)s1. The fourth-order valence-electron chi connectivity index (χ4n) is 12.5. The van der Waals surface area contributed by atoms with E-state index < -0.39 is 16.1 Å². The van der Waals surface area contributed by atoms with Crippen LogP contribution in [0.3, 0.4) is 0 Å². The normalized spacial score (nSPS) is 12.5. The lowest BCUT2D eigenvalue weighted by molar-refractivity contribution is 0.651. The molecule has 392 valence electrons. The third-order valence-corrected chi connectivity index (χ3v) is 35.1. The molecule has 6 aromatic heterocycles. The number of thiophene rings is 4. The number of nitrogens with zero attached hydrogens (tertiary/aromatic N) is 4. The first-order valence-corrected chi connectivity index (χ1v) is 36.9. The number of unbranched alkanes of at least 4 members (excludes halogenated alkanes) is 8. The molecule has 8 rings (SSSR count). The zero-order chi connectivity index (χ0) is 52.9. The van der Waals surface area contributed by atoms with Gasteiger partial charge < -0.3 is 0 Å². The molecule has 0 aliphatic carbocycles. The van der Waals surface area contributed by atoms with Crippen LogP contribution in [0.1, 0.15) is 169 Å². The molecule has 0 amide bonds. The molecule has 0 saturated carbocycles. The maximum Gasteiger partial charge on any atom is 0.145 e. The number of rotatable bonds is 22. The van der Waals surface area contributed by atoms with E-state index >= 15 is 0 Å². The van der Waals surface area contributed by atoms with Crippen molar-refractivity contribution in [3.05, 3.63) is 70.1 Å². The zero-order valence-electron chi connectivity index (χ0n) is 46.8. The van der Waals surface area contributed by atoms with E-state index in [0.717, 1.165) is 69.6 Å². The van der Waals surface area contributed by atoms with Crippen molar-refractivity contribution in [3.63, 3.8) is 0 Å². The van der Waals surface area contributed by atoms with Gasteiger partial charge in [0.15, 0.2) is 0 Å². The fourth-order valence-corrected chi connectivity index (χ4v) is 29.0. The minimum atomic E-state index is -1.68. The summed E-state index contributed by atoms with van der Waals surface area (Å²) in [5.74, 6) is 7.46. The van der Waals surface area contributed by atoms with Gasteiger partial charge in [0.2, 0.25) is 0 Å². The van der Waals surface area contributed by atoms with Gasteiger partial charge in [-0.1, -0.05) is 109 Å². The van der Waals surface area contributed by atoms with Crippen molar-refractivity contribution >= 4 is 118 Å². The van der Waals surface area contributed by atoms with Crippen LogP contribution in [0.5, 0.6) is 0 Å². The van der Waals surface area contributed by atoms with E-state index in [4.69, 9.17) is 13.1 Å². The molecule has 0 N–H and O–H groups in total. The summed E-state index contributed by atoms with van der Waals surface area (Å²) < 4.78 is 19.2. The molecule has 0 radical (unpaired) electrons. The van der Waals surface area contributed by atoms with Gasteiger partial charge in [0, 0.05) is 68.2 Å². The Morgan fingerprint density at radius 2 is 0.838 bits per heavy atom. The van der Waals surface area contributed by atoms with Crippen LogP contribution in [0, 0.1) is 36.8 Å². The molecule has 74 heavy (non-hydrogen) atoms. The van der Waals surface area contributed by atoms with Crippen molar-refractivity contribution in [2.45, 2.75) is 207 Å². The number of aryl methyl sites for hydroxylation is 4. The summed E-state index contributed by atoms with van der Waals surface area (Å²) in [6.07, 6.45) is 14.0. The van der Waals surface area contributed by atoms with Crippen LogP contribution in [0.2, 0.25) is 33.2 Å². The standard InChI is InChI=1S/C62H80N4S6Si2/c1-39(2)73(40(3)4,41(5)6)33-25-21-17-15-19-23-27-47-36-55(69-61(47)53-30-29-46(14)67-53)56-37-48(28-24-20-16-18-22-26-34-74(42(7)8,43(9)10)44(11)12)62(70-56)54-32-31-52(68-54)51-38-50-49(59-60(51)66-72-65-59)35-45(13)57-58(50)64-71-63-57/h29-32,35-44H,15-24,27-28H2,1-14H3. The fraction of sp³-hybridized carbons (Fsp3) is 0.516. The van der Waals surface area contributed by atoms with E-state index in [1.165, 1.54) is 125 Å². The first kappa shape index (κ1) is 56.9. The molecule has 0 bridgehead atoms.